The van der Waals surface area contributed by atoms with Crippen molar-refractivity contribution in [3.63, 3.8) is 0 Å². The lowest BCUT2D eigenvalue weighted by atomic mass is 10.2. The summed E-state index contributed by atoms with van der Waals surface area (Å²) in [5, 5.41) is 11.8. The van der Waals surface area contributed by atoms with E-state index in [2.05, 4.69) is 19.9 Å². The second-order valence-corrected chi connectivity index (χ2v) is 7.94. The van der Waals surface area contributed by atoms with Crippen molar-refractivity contribution < 1.29 is 9.72 Å². The Kier molecular flexibility index (Phi) is 4.47. The zero-order chi connectivity index (χ0) is 20.7. The van der Waals surface area contributed by atoms with Gasteiger partial charge in [-0.25, -0.2) is 9.97 Å². The molecular weight excluding hydrogens is 404 g/mol. The van der Waals surface area contributed by atoms with Gasteiger partial charge in [0.15, 0.2) is 5.13 Å². The van der Waals surface area contributed by atoms with Crippen LogP contribution in [0.1, 0.15) is 10.5 Å². The summed E-state index contributed by atoms with van der Waals surface area (Å²) in [6.07, 6.45) is 1.53. The number of amides is 1. The van der Waals surface area contributed by atoms with Crippen LogP contribution in [0, 0.1) is 10.1 Å². The fourth-order valence-corrected chi connectivity index (χ4v) is 4.52. The minimum atomic E-state index is -0.404. The number of benzene rings is 2. The monoisotopic (exact) mass is 420 g/mol. The Bertz CT molecular complexity index is 1280. The maximum Gasteiger partial charge on any atom is 0.274 e. The molecule has 0 radical (unpaired) electrons. The van der Waals surface area contributed by atoms with Crippen molar-refractivity contribution in [2.45, 2.75) is 0 Å². The fraction of sp³-hybridized carbons (Fsp3) is 0.200. The molecule has 0 saturated carbocycles. The van der Waals surface area contributed by atoms with Crippen molar-refractivity contribution >= 4 is 49.3 Å². The van der Waals surface area contributed by atoms with E-state index in [1.165, 1.54) is 23.6 Å². The van der Waals surface area contributed by atoms with Gasteiger partial charge in [-0.15, -0.1) is 0 Å². The van der Waals surface area contributed by atoms with E-state index in [-0.39, 0.29) is 11.6 Å². The number of nitro groups is 1. The van der Waals surface area contributed by atoms with Gasteiger partial charge in [-0.2, -0.15) is 0 Å². The molecule has 150 valence electrons. The largest absolute Gasteiger partial charge is 0.345 e. The highest BCUT2D eigenvalue weighted by atomic mass is 32.1. The SMILES string of the molecule is O=C(c1cnc2ccccc2n1)N1CCN(c2nc3ccc([N+](=O)[O-])cc3s2)CC1. The van der Waals surface area contributed by atoms with Crippen molar-refractivity contribution in [1.82, 2.24) is 19.9 Å². The number of nitro benzene ring substituents is 1. The van der Waals surface area contributed by atoms with Gasteiger partial charge in [-0.1, -0.05) is 23.5 Å². The highest BCUT2D eigenvalue weighted by Crippen LogP contribution is 2.31. The van der Waals surface area contributed by atoms with Crippen LogP contribution in [0.3, 0.4) is 0 Å². The number of aromatic nitrogens is 3. The molecule has 1 aliphatic heterocycles. The zero-order valence-electron chi connectivity index (χ0n) is 15.8. The van der Waals surface area contributed by atoms with Gasteiger partial charge in [0.25, 0.3) is 11.6 Å². The first-order chi connectivity index (χ1) is 14.6. The maximum absolute atomic E-state index is 12.9. The molecule has 1 aliphatic rings. The minimum Gasteiger partial charge on any atom is -0.345 e. The molecule has 9 nitrogen and oxygen atoms in total. The first kappa shape index (κ1) is 18.4. The van der Waals surface area contributed by atoms with E-state index < -0.39 is 4.92 Å². The number of carbonyl (C=O) groups excluding carboxylic acids is 1. The molecule has 2 aromatic carbocycles. The van der Waals surface area contributed by atoms with Crippen molar-refractivity contribution in [1.29, 1.82) is 0 Å². The molecule has 10 heteroatoms. The number of anilines is 1. The number of fused-ring (bicyclic) bond motifs is 2. The second-order valence-electron chi connectivity index (χ2n) is 6.93. The fourth-order valence-electron chi connectivity index (χ4n) is 3.47. The Labute approximate surface area is 174 Å². The first-order valence-electron chi connectivity index (χ1n) is 9.39. The Morgan fingerprint density at radius 2 is 1.77 bits per heavy atom. The summed E-state index contributed by atoms with van der Waals surface area (Å²) in [5.41, 5.74) is 2.60. The number of para-hydroxylation sites is 2. The number of piperazine rings is 1. The lowest BCUT2D eigenvalue weighted by Gasteiger charge is -2.34. The summed E-state index contributed by atoms with van der Waals surface area (Å²) in [4.78, 5) is 40.7. The topological polar surface area (TPSA) is 105 Å². The molecule has 0 unspecified atom stereocenters. The summed E-state index contributed by atoms with van der Waals surface area (Å²) in [5.74, 6) is -0.132. The number of hydrogen-bond donors (Lipinski definition) is 0. The standard InChI is InChI=1S/C20H16N6O3S/c27-19(17-12-21-14-3-1-2-4-15(14)22-17)24-7-9-25(10-8-24)20-23-16-6-5-13(26(28)29)11-18(16)30-20/h1-6,11-12H,7-10H2. The Morgan fingerprint density at radius 3 is 2.53 bits per heavy atom. The minimum absolute atomic E-state index is 0.0598. The second kappa shape index (κ2) is 7.30. The first-order valence-corrected chi connectivity index (χ1v) is 10.2. The average Bonchev–Trinajstić information content (AvgIpc) is 3.22. The summed E-state index contributed by atoms with van der Waals surface area (Å²) in [7, 11) is 0. The van der Waals surface area contributed by atoms with Crippen molar-refractivity contribution in [2.75, 3.05) is 31.1 Å². The van der Waals surface area contributed by atoms with Crippen molar-refractivity contribution in [3.8, 4) is 0 Å². The lowest BCUT2D eigenvalue weighted by molar-refractivity contribution is -0.384. The van der Waals surface area contributed by atoms with Crippen LogP contribution < -0.4 is 4.90 Å². The van der Waals surface area contributed by atoms with Gasteiger partial charge in [-0.05, 0) is 18.2 Å². The molecular formula is C20H16N6O3S. The summed E-state index contributed by atoms with van der Waals surface area (Å²) < 4.78 is 0.782. The normalized spacial score (nSPS) is 14.4. The molecule has 4 aromatic rings. The van der Waals surface area contributed by atoms with E-state index in [1.54, 1.807) is 17.0 Å². The van der Waals surface area contributed by atoms with Crippen LogP contribution in [0.15, 0.2) is 48.7 Å². The molecule has 0 aliphatic carbocycles. The number of thiazole rings is 1. The van der Waals surface area contributed by atoms with Crippen LogP contribution in [-0.4, -0.2) is 56.9 Å². The predicted octanol–water partition coefficient (Wildman–Crippen LogP) is 3.11. The third kappa shape index (κ3) is 3.30. The van der Waals surface area contributed by atoms with Gasteiger partial charge >= 0.3 is 0 Å². The highest BCUT2D eigenvalue weighted by molar-refractivity contribution is 7.22. The van der Waals surface area contributed by atoms with E-state index in [1.807, 2.05) is 24.3 Å². The molecule has 0 spiro atoms. The van der Waals surface area contributed by atoms with Crippen LogP contribution in [0.25, 0.3) is 21.3 Å². The molecule has 2 aromatic heterocycles. The summed E-state index contributed by atoms with van der Waals surface area (Å²) >= 11 is 1.43. The van der Waals surface area contributed by atoms with Crippen molar-refractivity contribution in [3.05, 3.63) is 64.5 Å². The Morgan fingerprint density at radius 1 is 1.00 bits per heavy atom. The van der Waals surface area contributed by atoms with E-state index in [4.69, 9.17) is 0 Å². The number of nitrogens with zero attached hydrogens (tertiary/aromatic N) is 6. The number of carbonyl (C=O) groups is 1. The van der Waals surface area contributed by atoms with Crippen LogP contribution in [0.2, 0.25) is 0 Å². The Hall–Kier alpha value is -3.66. The van der Waals surface area contributed by atoms with E-state index in [0.29, 0.717) is 37.4 Å². The number of non-ortho nitro benzene ring substituents is 1. The van der Waals surface area contributed by atoms with E-state index >= 15 is 0 Å². The third-order valence-electron chi connectivity index (χ3n) is 5.08. The summed E-state index contributed by atoms with van der Waals surface area (Å²) in [6.45, 7) is 2.36. The Balaban J connectivity index is 1.30. The average molecular weight is 420 g/mol. The van der Waals surface area contributed by atoms with Gasteiger partial charge in [-0.3, -0.25) is 19.9 Å². The van der Waals surface area contributed by atoms with Gasteiger partial charge < -0.3 is 9.80 Å². The quantitative estimate of drug-likeness (QED) is 0.370. The molecule has 0 N–H and O–H groups in total. The van der Waals surface area contributed by atoms with Crippen LogP contribution in [0.4, 0.5) is 10.8 Å². The summed E-state index contributed by atoms with van der Waals surface area (Å²) in [6, 6.07) is 12.2. The predicted molar refractivity (Wildman–Crippen MR) is 114 cm³/mol. The molecule has 0 bridgehead atoms. The lowest BCUT2D eigenvalue weighted by Crippen LogP contribution is -2.49. The smallest absolute Gasteiger partial charge is 0.274 e. The highest BCUT2D eigenvalue weighted by Gasteiger charge is 2.25. The van der Waals surface area contributed by atoms with Gasteiger partial charge in [0.1, 0.15) is 5.69 Å². The van der Waals surface area contributed by atoms with Crippen LogP contribution in [-0.2, 0) is 0 Å². The van der Waals surface area contributed by atoms with E-state index in [0.717, 1.165) is 20.9 Å². The van der Waals surface area contributed by atoms with Crippen LogP contribution in [0.5, 0.6) is 0 Å². The molecule has 3 heterocycles. The number of hydrogen-bond acceptors (Lipinski definition) is 8. The molecule has 0 atom stereocenters. The third-order valence-corrected chi connectivity index (χ3v) is 6.16. The zero-order valence-corrected chi connectivity index (χ0v) is 16.6. The van der Waals surface area contributed by atoms with Gasteiger partial charge in [0.2, 0.25) is 0 Å². The van der Waals surface area contributed by atoms with Crippen molar-refractivity contribution in [2.24, 2.45) is 0 Å². The molecule has 1 fully saturated rings. The molecule has 5 rings (SSSR count). The van der Waals surface area contributed by atoms with E-state index in [9.17, 15) is 14.9 Å². The molecule has 1 saturated heterocycles. The number of rotatable bonds is 3. The molecule has 30 heavy (non-hydrogen) atoms. The maximum atomic E-state index is 12.9. The van der Waals surface area contributed by atoms with Gasteiger partial charge in [0.05, 0.1) is 32.4 Å². The van der Waals surface area contributed by atoms with Crippen LogP contribution >= 0.6 is 11.3 Å². The molecule has 1 amide bonds. The van der Waals surface area contributed by atoms with Gasteiger partial charge in [0, 0.05) is 38.3 Å².